The maximum atomic E-state index is 12.3. The molecule has 6 nitrogen and oxygen atoms in total. The highest BCUT2D eigenvalue weighted by Gasteiger charge is 2.23. The fourth-order valence-corrected chi connectivity index (χ4v) is 3.02. The molecule has 0 spiro atoms. The van der Waals surface area contributed by atoms with Crippen LogP contribution in [0.4, 0.5) is 10.5 Å². The molecule has 0 aliphatic carbocycles. The van der Waals surface area contributed by atoms with Crippen LogP contribution in [0.1, 0.15) is 18.4 Å². The van der Waals surface area contributed by atoms with Crippen LogP contribution in [0.15, 0.2) is 36.7 Å². The molecule has 2 amide bonds. The van der Waals surface area contributed by atoms with Gasteiger partial charge in [-0.3, -0.25) is 4.68 Å². The van der Waals surface area contributed by atoms with Gasteiger partial charge in [-0.25, -0.2) is 4.79 Å². The molecule has 0 saturated carbocycles. The lowest BCUT2D eigenvalue weighted by Crippen LogP contribution is -2.43. The summed E-state index contributed by atoms with van der Waals surface area (Å²) in [4.78, 5) is 14.1. The number of nitrogens with zero attached hydrogens (tertiary/aromatic N) is 3. The number of hydrogen-bond donors (Lipinski definition) is 2. The Balaban J connectivity index is 1.57. The summed E-state index contributed by atoms with van der Waals surface area (Å²) < 4.78 is 1.77. The number of piperidine rings is 1. The quantitative estimate of drug-likeness (QED) is 0.892. The molecule has 2 N–H and O–H groups in total. The summed E-state index contributed by atoms with van der Waals surface area (Å²) in [6.07, 6.45) is 5.34. The van der Waals surface area contributed by atoms with E-state index >= 15 is 0 Å². The molecule has 1 fully saturated rings. The van der Waals surface area contributed by atoms with Gasteiger partial charge in [0.25, 0.3) is 0 Å². The SMILES string of the molecule is O=C(Nc1cnn(Cc2ccc(Cl)cc2)c1)N1CCCC(CO)C1. The molecule has 2 heterocycles. The van der Waals surface area contributed by atoms with Gasteiger partial charge in [-0.1, -0.05) is 23.7 Å². The standard InChI is InChI=1S/C17H21ClN4O2/c18-15-5-3-13(4-6-15)10-22-11-16(8-19-22)20-17(24)21-7-1-2-14(9-21)12-23/h3-6,8,11,14,23H,1-2,7,9-10,12H2,(H,20,24). The molecule has 3 rings (SSSR count). The van der Waals surface area contributed by atoms with Crippen LogP contribution in [-0.2, 0) is 6.54 Å². The molecule has 0 radical (unpaired) electrons. The normalized spacial score (nSPS) is 17.8. The molecule has 1 saturated heterocycles. The van der Waals surface area contributed by atoms with Crippen LogP contribution in [0.3, 0.4) is 0 Å². The zero-order chi connectivity index (χ0) is 16.9. The van der Waals surface area contributed by atoms with E-state index in [0.29, 0.717) is 23.8 Å². The number of aliphatic hydroxyl groups excluding tert-OH is 1. The first-order valence-corrected chi connectivity index (χ1v) is 8.45. The zero-order valence-corrected chi connectivity index (χ0v) is 14.1. The first-order valence-electron chi connectivity index (χ1n) is 8.08. The number of aromatic nitrogens is 2. The Hall–Kier alpha value is -2.05. The highest BCUT2D eigenvalue weighted by Crippen LogP contribution is 2.17. The smallest absolute Gasteiger partial charge is 0.321 e. The second-order valence-corrected chi connectivity index (χ2v) is 6.56. The number of nitrogens with one attached hydrogen (secondary N) is 1. The summed E-state index contributed by atoms with van der Waals surface area (Å²) in [6.45, 7) is 2.06. The summed E-state index contributed by atoms with van der Waals surface area (Å²) in [7, 11) is 0. The summed E-state index contributed by atoms with van der Waals surface area (Å²) in [5, 5.41) is 17.1. The van der Waals surface area contributed by atoms with E-state index in [1.165, 1.54) is 0 Å². The van der Waals surface area contributed by atoms with Crippen LogP contribution >= 0.6 is 11.6 Å². The number of urea groups is 1. The van der Waals surface area contributed by atoms with Gasteiger partial charge in [-0.05, 0) is 36.5 Å². The molecule has 1 aliphatic rings. The van der Waals surface area contributed by atoms with Crippen molar-refractivity contribution in [3.05, 3.63) is 47.2 Å². The number of likely N-dealkylation sites (tertiary alicyclic amines) is 1. The molecular weight excluding hydrogens is 328 g/mol. The summed E-state index contributed by atoms with van der Waals surface area (Å²) in [6, 6.07) is 7.45. The van der Waals surface area contributed by atoms with Gasteiger partial charge in [0.1, 0.15) is 0 Å². The molecular formula is C17H21ClN4O2. The molecule has 24 heavy (non-hydrogen) atoms. The van der Waals surface area contributed by atoms with Gasteiger partial charge in [0, 0.05) is 30.9 Å². The van der Waals surface area contributed by atoms with Crippen molar-refractivity contribution in [2.24, 2.45) is 5.92 Å². The van der Waals surface area contributed by atoms with Crippen molar-refractivity contribution in [3.63, 3.8) is 0 Å². The highest BCUT2D eigenvalue weighted by atomic mass is 35.5. The minimum Gasteiger partial charge on any atom is -0.396 e. The molecule has 2 aromatic rings. The second kappa shape index (κ2) is 7.68. The lowest BCUT2D eigenvalue weighted by atomic mass is 9.99. The Morgan fingerprint density at radius 1 is 1.38 bits per heavy atom. The first-order chi connectivity index (χ1) is 11.6. The minimum absolute atomic E-state index is 0.128. The van der Waals surface area contributed by atoms with Crippen LogP contribution in [0.5, 0.6) is 0 Å². The molecule has 7 heteroatoms. The highest BCUT2D eigenvalue weighted by molar-refractivity contribution is 6.30. The van der Waals surface area contributed by atoms with E-state index < -0.39 is 0 Å². The number of halogens is 1. The predicted molar refractivity (Wildman–Crippen MR) is 93.2 cm³/mol. The van der Waals surface area contributed by atoms with Gasteiger partial charge in [0.2, 0.25) is 0 Å². The summed E-state index contributed by atoms with van der Waals surface area (Å²) >= 11 is 5.88. The van der Waals surface area contributed by atoms with Crippen LogP contribution in [-0.4, -0.2) is 45.5 Å². The maximum absolute atomic E-state index is 12.3. The molecule has 1 atom stereocenters. The van der Waals surface area contributed by atoms with Gasteiger partial charge >= 0.3 is 6.03 Å². The Kier molecular flexibility index (Phi) is 5.37. The van der Waals surface area contributed by atoms with Crippen molar-refractivity contribution >= 4 is 23.3 Å². The van der Waals surface area contributed by atoms with Crippen molar-refractivity contribution in [1.82, 2.24) is 14.7 Å². The maximum Gasteiger partial charge on any atom is 0.321 e. The molecule has 1 aliphatic heterocycles. The van der Waals surface area contributed by atoms with Crippen LogP contribution < -0.4 is 5.32 Å². The zero-order valence-electron chi connectivity index (χ0n) is 13.4. The molecule has 128 valence electrons. The number of carbonyl (C=O) groups is 1. The van der Waals surface area contributed by atoms with Gasteiger partial charge in [0.05, 0.1) is 18.4 Å². The number of hydrogen-bond acceptors (Lipinski definition) is 3. The lowest BCUT2D eigenvalue weighted by molar-refractivity contribution is 0.136. The van der Waals surface area contributed by atoms with Gasteiger partial charge < -0.3 is 15.3 Å². The Labute approximate surface area is 146 Å². The van der Waals surface area contributed by atoms with E-state index in [-0.39, 0.29) is 18.6 Å². The molecule has 1 aromatic heterocycles. The van der Waals surface area contributed by atoms with E-state index in [0.717, 1.165) is 24.9 Å². The number of carbonyl (C=O) groups excluding carboxylic acids is 1. The van der Waals surface area contributed by atoms with E-state index in [1.807, 2.05) is 24.3 Å². The van der Waals surface area contributed by atoms with Crippen molar-refractivity contribution in [3.8, 4) is 0 Å². The van der Waals surface area contributed by atoms with E-state index in [4.69, 9.17) is 11.6 Å². The third-order valence-corrected chi connectivity index (χ3v) is 4.46. The molecule has 1 unspecified atom stereocenters. The predicted octanol–water partition coefficient (Wildman–Crippen LogP) is 2.82. The Morgan fingerprint density at radius 3 is 2.92 bits per heavy atom. The number of anilines is 1. The average molecular weight is 349 g/mol. The Bertz CT molecular complexity index is 686. The van der Waals surface area contributed by atoms with Crippen LogP contribution in [0, 0.1) is 5.92 Å². The number of amides is 2. The third-order valence-electron chi connectivity index (χ3n) is 4.21. The Morgan fingerprint density at radius 2 is 2.17 bits per heavy atom. The monoisotopic (exact) mass is 348 g/mol. The van der Waals surface area contributed by atoms with Gasteiger partial charge in [0.15, 0.2) is 0 Å². The molecule has 1 aromatic carbocycles. The summed E-state index contributed by atoms with van der Waals surface area (Å²) in [5.41, 5.74) is 1.75. The molecule has 0 bridgehead atoms. The van der Waals surface area contributed by atoms with Crippen LogP contribution in [0.2, 0.25) is 5.02 Å². The first kappa shape index (κ1) is 16.8. The second-order valence-electron chi connectivity index (χ2n) is 6.12. The average Bonchev–Trinajstić information content (AvgIpc) is 3.04. The third kappa shape index (κ3) is 4.27. The number of rotatable bonds is 4. The lowest BCUT2D eigenvalue weighted by Gasteiger charge is -2.31. The van der Waals surface area contributed by atoms with E-state index in [1.54, 1.807) is 22.0 Å². The number of benzene rings is 1. The largest absolute Gasteiger partial charge is 0.396 e. The van der Waals surface area contributed by atoms with Crippen molar-refractivity contribution in [1.29, 1.82) is 0 Å². The van der Waals surface area contributed by atoms with Gasteiger partial charge in [-0.15, -0.1) is 0 Å². The topological polar surface area (TPSA) is 70.4 Å². The van der Waals surface area contributed by atoms with Gasteiger partial charge in [-0.2, -0.15) is 5.10 Å². The van der Waals surface area contributed by atoms with Crippen molar-refractivity contribution < 1.29 is 9.90 Å². The minimum atomic E-state index is -0.140. The van der Waals surface area contributed by atoms with Crippen LogP contribution in [0.25, 0.3) is 0 Å². The van der Waals surface area contributed by atoms with E-state index in [9.17, 15) is 9.90 Å². The van der Waals surface area contributed by atoms with Crippen molar-refractivity contribution in [2.45, 2.75) is 19.4 Å². The van der Waals surface area contributed by atoms with E-state index in [2.05, 4.69) is 10.4 Å². The summed E-state index contributed by atoms with van der Waals surface area (Å²) in [5.74, 6) is 0.178. The van der Waals surface area contributed by atoms with Crippen molar-refractivity contribution in [2.75, 3.05) is 25.0 Å². The number of aliphatic hydroxyl groups is 1. The fourth-order valence-electron chi connectivity index (χ4n) is 2.89. The fraction of sp³-hybridized carbons (Fsp3) is 0.412.